The van der Waals surface area contributed by atoms with E-state index in [1.807, 2.05) is 23.5 Å². The Labute approximate surface area is 410 Å². The van der Waals surface area contributed by atoms with Gasteiger partial charge in [0, 0.05) is 75.6 Å². The first-order valence-electron chi connectivity index (χ1n) is 24.0. The Balaban J connectivity index is 0.868. The molecule has 3 aromatic heterocycles. The molecule has 5 heteroatoms. The van der Waals surface area contributed by atoms with Crippen LogP contribution in [0, 0.1) is 0 Å². The third kappa shape index (κ3) is 6.36. The second kappa shape index (κ2) is 15.7. The number of fused-ring (bicyclic) bond motifs is 10. The Kier molecular flexibility index (Phi) is 9.07. The molecule has 0 radical (unpaired) electrons. The molecule has 13 aromatic rings. The third-order valence-corrected chi connectivity index (χ3v) is 15.7. The summed E-state index contributed by atoms with van der Waals surface area (Å²) >= 11 is 1.86. The molecule has 330 valence electrons. The predicted octanol–water partition coefficient (Wildman–Crippen LogP) is 17.9. The number of anilines is 3. The van der Waals surface area contributed by atoms with Crippen LogP contribution < -0.4 is 4.90 Å². The van der Waals surface area contributed by atoms with E-state index < -0.39 is 0 Å². The maximum Gasteiger partial charge on any atom is 0.160 e. The first kappa shape index (κ1) is 40.4. The zero-order valence-electron chi connectivity index (χ0n) is 38.6. The molecular weight excluding hydrogens is 869 g/mol. The highest BCUT2D eigenvalue weighted by Crippen LogP contribution is 2.51. The molecule has 0 saturated heterocycles. The quantitative estimate of drug-likeness (QED) is 0.160. The summed E-state index contributed by atoms with van der Waals surface area (Å²) in [7, 11) is 0. The smallest absolute Gasteiger partial charge is 0.160 e. The van der Waals surface area contributed by atoms with Crippen molar-refractivity contribution in [3.05, 3.63) is 242 Å². The molecular formula is C65H44N4S. The van der Waals surface area contributed by atoms with Crippen LogP contribution in [0.3, 0.4) is 0 Å². The largest absolute Gasteiger partial charge is 0.310 e. The number of nitrogens with zero attached hydrogens (tertiary/aromatic N) is 4. The topological polar surface area (TPSA) is 34.0 Å². The normalized spacial score (nSPS) is 12.8. The standard InChI is InChI=1S/C65H44N4S/c1-65(2)56-23-10-6-19-49(56)53-39-47(32-34-57(53)65)68(48-33-36-62-55(40-48)51-21-9-13-26-61(51)70-62)45-28-30-46(31-29-45)69-59-25-12-8-20-50(59)54-38-43(27-35-60(54)69)42-17-14-18-44(37-42)64-66-58-24-11-7-22-52(58)63(67-64)41-15-4-3-5-16-41/h3-40H,1-2H3. The van der Waals surface area contributed by atoms with Gasteiger partial charge in [0.05, 0.1) is 22.2 Å². The number of thiophene rings is 1. The third-order valence-electron chi connectivity index (χ3n) is 14.6. The lowest BCUT2D eigenvalue weighted by molar-refractivity contribution is 0.660. The van der Waals surface area contributed by atoms with E-state index in [-0.39, 0.29) is 5.41 Å². The number of hydrogen-bond donors (Lipinski definition) is 0. The molecule has 14 rings (SSSR count). The second-order valence-corrected chi connectivity index (χ2v) is 20.1. The summed E-state index contributed by atoms with van der Waals surface area (Å²) in [4.78, 5) is 12.7. The maximum absolute atomic E-state index is 5.19. The average Bonchev–Trinajstić information content (AvgIpc) is 4.03. The highest BCUT2D eigenvalue weighted by Gasteiger charge is 2.35. The maximum atomic E-state index is 5.19. The Hall–Kier alpha value is -8.64. The fourth-order valence-corrected chi connectivity index (χ4v) is 12.3. The number of para-hydroxylation sites is 2. The van der Waals surface area contributed by atoms with Crippen molar-refractivity contribution < 1.29 is 0 Å². The lowest BCUT2D eigenvalue weighted by Crippen LogP contribution is -2.15. The van der Waals surface area contributed by atoms with Gasteiger partial charge in [0.2, 0.25) is 0 Å². The van der Waals surface area contributed by atoms with Gasteiger partial charge in [-0.05, 0) is 124 Å². The van der Waals surface area contributed by atoms with Crippen molar-refractivity contribution in [2.24, 2.45) is 0 Å². The van der Waals surface area contributed by atoms with E-state index in [9.17, 15) is 0 Å². The highest BCUT2D eigenvalue weighted by molar-refractivity contribution is 7.25. The number of rotatable bonds is 7. The molecule has 1 aliphatic carbocycles. The molecule has 0 fully saturated rings. The monoisotopic (exact) mass is 912 g/mol. The van der Waals surface area contributed by atoms with E-state index in [1.54, 1.807) is 0 Å². The average molecular weight is 913 g/mol. The van der Waals surface area contributed by atoms with E-state index in [2.05, 4.69) is 242 Å². The van der Waals surface area contributed by atoms with E-state index in [1.165, 1.54) is 58.7 Å². The van der Waals surface area contributed by atoms with Crippen molar-refractivity contribution in [1.29, 1.82) is 0 Å². The molecule has 0 amide bonds. The van der Waals surface area contributed by atoms with Crippen LogP contribution in [0.25, 0.3) is 103 Å². The van der Waals surface area contributed by atoms with Gasteiger partial charge in [0.1, 0.15) is 0 Å². The minimum atomic E-state index is -0.0708. The van der Waals surface area contributed by atoms with Gasteiger partial charge in [-0.3, -0.25) is 0 Å². The number of benzene rings is 10. The minimum absolute atomic E-state index is 0.0708. The molecule has 0 bridgehead atoms. The van der Waals surface area contributed by atoms with Crippen LogP contribution in [-0.2, 0) is 5.41 Å². The Morgan fingerprint density at radius 1 is 0.400 bits per heavy atom. The van der Waals surface area contributed by atoms with Crippen LogP contribution in [0.15, 0.2) is 231 Å². The minimum Gasteiger partial charge on any atom is -0.310 e. The predicted molar refractivity (Wildman–Crippen MR) is 295 cm³/mol. The molecule has 10 aromatic carbocycles. The van der Waals surface area contributed by atoms with Crippen molar-refractivity contribution >= 4 is 81.3 Å². The summed E-state index contributed by atoms with van der Waals surface area (Å²) in [6, 6.07) is 83.8. The van der Waals surface area contributed by atoms with Crippen molar-refractivity contribution in [2.75, 3.05) is 4.90 Å². The van der Waals surface area contributed by atoms with Crippen LogP contribution in [0.2, 0.25) is 0 Å². The molecule has 0 atom stereocenters. The van der Waals surface area contributed by atoms with Crippen LogP contribution >= 0.6 is 11.3 Å². The first-order chi connectivity index (χ1) is 34.4. The van der Waals surface area contributed by atoms with Gasteiger partial charge in [0.25, 0.3) is 0 Å². The summed E-state index contributed by atoms with van der Waals surface area (Å²) in [5.41, 5.74) is 18.3. The van der Waals surface area contributed by atoms with Crippen molar-refractivity contribution in [1.82, 2.24) is 14.5 Å². The van der Waals surface area contributed by atoms with Gasteiger partial charge in [-0.25, -0.2) is 9.97 Å². The molecule has 0 unspecified atom stereocenters. The summed E-state index contributed by atoms with van der Waals surface area (Å²) in [6.45, 7) is 4.70. The van der Waals surface area contributed by atoms with Gasteiger partial charge in [0.15, 0.2) is 5.82 Å². The van der Waals surface area contributed by atoms with E-state index in [0.717, 1.165) is 67.1 Å². The Morgan fingerprint density at radius 3 is 1.93 bits per heavy atom. The summed E-state index contributed by atoms with van der Waals surface area (Å²) in [6.07, 6.45) is 0. The van der Waals surface area contributed by atoms with Crippen LogP contribution in [0.1, 0.15) is 25.0 Å². The molecule has 70 heavy (non-hydrogen) atoms. The molecule has 0 saturated carbocycles. The van der Waals surface area contributed by atoms with E-state index >= 15 is 0 Å². The fourth-order valence-electron chi connectivity index (χ4n) is 11.2. The lowest BCUT2D eigenvalue weighted by Gasteiger charge is -2.27. The molecule has 0 aliphatic heterocycles. The van der Waals surface area contributed by atoms with Crippen LogP contribution in [0.5, 0.6) is 0 Å². The molecule has 0 spiro atoms. The summed E-state index contributed by atoms with van der Waals surface area (Å²) in [5.74, 6) is 0.713. The van der Waals surface area contributed by atoms with Crippen molar-refractivity contribution in [3.8, 4) is 50.6 Å². The van der Waals surface area contributed by atoms with Gasteiger partial charge < -0.3 is 9.47 Å². The van der Waals surface area contributed by atoms with Crippen molar-refractivity contribution in [2.45, 2.75) is 19.3 Å². The van der Waals surface area contributed by atoms with Gasteiger partial charge in [-0.1, -0.05) is 153 Å². The van der Waals surface area contributed by atoms with Crippen molar-refractivity contribution in [3.63, 3.8) is 0 Å². The zero-order chi connectivity index (χ0) is 46.5. The van der Waals surface area contributed by atoms with Crippen LogP contribution in [-0.4, -0.2) is 14.5 Å². The Morgan fingerprint density at radius 2 is 1.04 bits per heavy atom. The Bertz CT molecular complexity index is 4220. The number of aromatic nitrogens is 3. The van der Waals surface area contributed by atoms with E-state index in [4.69, 9.17) is 9.97 Å². The summed E-state index contributed by atoms with van der Waals surface area (Å²) < 4.78 is 5.01. The first-order valence-corrected chi connectivity index (χ1v) is 24.8. The van der Waals surface area contributed by atoms with Gasteiger partial charge in [-0.2, -0.15) is 0 Å². The SMILES string of the molecule is CC1(C)c2ccccc2-c2cc(N(c3ccc(-n4c5ccccc5c5cc(-c6cccc(-c7nc(-c8ccccc8)c8ccccc8n7)c6)ccc54)cc3)c3ccc4sc5ccccc5c4c3)ccc21. The second-order valence-electron chi connectivity index (χ2n) is 19.0. The number of hydrogen-bond acceptors (Lipinski definition) is 4. The molecule has 1 aliphatic rings. The van der Waals surface area contributed by atoms with E-state index in [0.29, 0.717) is 5.82 Å². The molecule has 0 N–H and O–H groups in total. The van der Waals surface area contributed by atoms with Gasteiger partial charge in [-0.15, -0.1) is 11.3 Å². The zero-order valence-corrected chi connectivity index (χ0v) is 39.5. The fraction of sp³-hybridized carbons (Fsp3) is 0.0462. The lowest BCUT2D eigenvalue weighted by atomic mass is 9.82. The highest BCUT2D eigenvalue weighted by atomic mass is 32.1. The van der Waals surface area contributed by atoms with Gasteiger partial charge >= 0.3 is 0 Å². The summed E-state index contributed by atoms with van der Waals surface area (Å²) in [5, 5.41) is 6.03. The molecule has 3 heterocycles. The van der Waals surface area contributed by atoms with Crippen LogP contribution in [0.4, 0.5) is 17.1 Å². The molecule has 4 nitrogen and oxygen atoms in total.